The minimum Gasteiger partial charge on any atom is -0.462 e. The molecule has 0 bridgehead atoms. The number of carbonyl (C=O) groups is 2. The third-order valence-electron chi connectivity index (χ3n) is 3.67. The lowest BCUT2D eigenvalue weighted by Gasteiger charge is -2.08. The van der Waals surface area contributed by atoms with E-state index in [9.17, 15) is 14.0 Å². The maximum Gasteiger partial charge on any atom is 0.338 e. The number of carbonyl (C=O) groups excluding carboxylic acids is 2. The zero-order valence-electron chi connectivity index (χ0n) is 15.0. The zero-order chi connectivity index (χ0) is 19.9. The van der Waals surface area contributed by atoms with Crippen LogP contribution in [0, 0.1) is 5.82 Å². The van der Waals surface area contributed by atoms with Crippen molar-refractivity contribution in [3.63, 3.8) is 0 Å². The molecule has 28 heavy (non-hydrogen) atoms. The van der Waals surface area contributed by atoms with Gasteiger partial charge in [0.15, 0.2) is 0 Å². The molecule has 0 radical (unpaired) electrons. The normalized spacial score (nSPS) is 10.2. The molecular weight excluding hydrogens is 363 g/mol. The van der Waals surface area contributed by atoms with E-state index >= 15 is 0 Å². The molecule has 1 amide bonds. The van der Waals surface area contributed by atoms with Crippen LogP contribution in [0.5, 0.6) is 0 Å². The predicted molar refractivity (Wildman–Crippen MR) is 102 cm³/mol. The first-order chi connectivity index (χ1) is 13.6. The van der Waals surface area contributed by atoms with E-state index < -0.39 is 17.7 Å². The second-order valence-electron chi connectivity index (χ2n) is 5.64. The number of hydrogen-bond donors (Lipinski definition) is 2. The number of nitrogens with one attached hydrogen (secondary N) is 2. The van der Waals surface area contributed by atoms with Crippen LogP contribution < -0.4 is 10.6 Å². The number of esters is 1. The molecule has 7 nitrogen and oxygen atoms in total. The maximum atomic E-state index is 13.6. The van der Waals surface area contributed by atoms with Gasteiger partial charge >= 0.3 is 5.97 Å². The summed E-state index contributed by atoms with van der Waals surface area (Å²) in [4.78, 5) is 32.0. The van der Waals surface area contributed by atoms with Gasteiger partial charge in [-0.15, -0.1) is 0 Å². The third kappa shape index (κ3) is 4.67. The lowest BCUT2D eigenvalue weighted by atomic mass is 10.2. The molecule has 3 rings (SSSR count). The number of hydrogen-bond acceptors (Lipinski definition) is 6. The number of aromatic nitrogens is 2. The number of benzene rings is 2. The van der Waals surface area contributed by atoms with E-state index in [1.54, 1.807) is 49.4 Å². The lowest BCUT2D eigenvalue weighted by molar-refractivity contribution is 0.0526. The molecule has 0 spiro atoms. The Morgan fingerprint density at radius 3 is 2.43 bits per heavy atom. The Morgan fingerprint density at radius 1 is 1.04 bits per heavy atom. The summed E-state index contributed by atoms with van der Waals surface area (Å²) in [5.41, 5.74) is 1.24. The van der Waals surface area contributed by atoms with Gasteiger partial charge in [0.2, 0.25) is 0 Å². The first-order valence-electron chi connectivity index (χ1n) is 8.49. The molecule has 2 N–H and O–H groups in total. The van der Waals surface area contributed by atoms with E-state index in [2.05, 4.69) is 20.6 Å². The van der Waals surface area contributed by atoms with Crippen molar-refractivity contribution in [2.24, 2.45) is 0 Å². The van der Waals surface area contributed by atoms with Crippen LogP contribution in [0.1, 0.15) is 27.8 Å². The fraction of sp³-hybridized carbons (Fsp3) is 0.100. The molecule has 142 valence electrons. The Bertz CT molecular complexity index is 976. The topological polar surface area (TPSA) is 93.2 Å². The highest BCUT2D eigenvalue weighted by molar-refractivity contribution is 6.03. The Labute approximate surface area is 160 Å². The predicted octanol–water partition coefficient (Wildman–Crippen LogP) is 3.79. The molecule has 0 aliphatic carbocycles. The lowest BCUT2D eigenvalue weighted by Crippen LogP contribution is -2.14. The van der Waals surface area contributed by atoms with Gasteiger partial charge in [-0.1, -0.05) is 12.1 Å². The summed E-state index contributed by atoms with van der Waals surface area (Å²) in [5.74, 6) is -1.00. The van der Waals surface area contributed by atoms with Crippen LogP contribution in [-0.4, -0.2) is 28.5 Å². The Balaban J connectivity index is 1.63. The number of para-hydroxylation sites is 1. The molecule has 0 aliphatic rings. The van der Waals surface area contributed by atoms with Gasteiger partial charge in [-0.05, 0) is 43.3 Å². The molecule has 3 aromatic rings. The fourth-order valence-electron chi connectivity index (χ4n) is 2.31. The molecule has 0 fully saturated rings. The van der Waals surface area contributed by atoms with Crippen molar-refractivity contribution in [2.45, 2.75) is 6.92 Å². The van der Waals surface area contributed by atoms with E-state index in [1.165, 1.54) is 18.5 Å². The standard InChI is InChI=1S/C20H17FN4O3/c1-2-28-20(27)13-7-9-14(10-8-13)24-19(26)17-11-23-18(12-22-17)25-16-6-4-3-5-15(16)21/h3-12H,2H2,1H3,(H,23,25)(H,24,26). The van der Waals surface area contributed by atoms with Gasteiger partial charge in [0, 0.05) is 5.69 Å². The number of ether oxygens (including phenoxy) is 1. The Morgan fingerprint density at radius 2 is 1.79 bits per heavy atom. The van der Waals surface area contributed by atoms with Crippen molar-refractivity contribution in [3.05, 3.63) is 78.0 Å². The highest BCUT2D eigenvalue weighted by Crippen LogP contribution is 2.17. The molecule has 1 aromatic heterocycles. The van der Waals surface area contributed by atoms with Crippen LogP contribution in [0.15, 0.2) is 60.9 Å². The summed E-state index contributed by atoms with van der Waals surface area (Å²) < 4.78 is 18.5. The quantitative estimate of drug-likeness (QED) is 0.632. The van der Waals surface area contributed by atoms with E-state index in [0.717, 1.165) is 0 Å². The zero-order valence-corrected chi connectivity index (χ0v) is 15.0. The summed E-state index contributed by atoms with van der Waals surface area (Å²) in [7, 11) is 0. The van der Waals surface area contributed by atoms with E-state index in [4.69, 9.17) is 4.74 Å². The number of anilines is 3. The van der Waals surface area contributed by atoms with Crippen LogP contribution in [0.3, 0.4) is 0 Å². The van der Waals surface area contributed by atoms with E-state index in [1.807, 2.05) is 0 Å². The van der Waals surface area contributed by atoms with Crippen molar-refractivity contribution < 1.29 is 18.7 Å². The van der Waals surface area contributed by atoms with Gasteiger partial charge in [0.1, 0.15) is 17.3 Å². The number of halogens is 1. The van der Waals surface area contributed by atoms with Crippen molar-refractivity contribution in [1.82, 2.24) is 9.97 Å². The third-order valence-corrected chi connectivity index (χ3v) is 3.67. The van der Waals surface area contributed by atoms with Gasteiger partial charge in [-0.25, -0.2) is 19.2 Å². The smallest absolute Gasteiger partial charge is 0.338 e. The van der Waals surface area contributed by atoms with Crippen LogP contribution in [0.25, 0.3) is 0 Å². The molecule has 2 aromatic carbocycles. The molecule has 1 heterocycles. The van der Waals surface area contributed by atoms with Gasteiger partial charge in [0.25, 0.3) is 5.91 Å². The Hall–Kier alpha value is -3.81. The Kier molecular flexibility index (Phi) is 5.91. The summed E-state index contributed by atoms with van der Waals surface area (Å²) in [6.45, 7) is 2.02. The van der Waals surface area contributed by atoms with Gasteiger partial charge in [-0.2, -0.15) is 0 Å². The molecule has 0 aliphatic heterocycles. The summed E-state index contributed by atoms with van der Waals surface area (Å²) in [6, 6.07) is 12.5. The highest BCUT2D eigenvalue weighted by Gasteiger charge is 2.11. The maximum absolute atomic E-state index is 13.6. The van der Waals surface area contributed by atoms with Crippen molar-refractivity contribution in [3.8, 4) is 0 Å². The van der Waals surface area contributed by atoms with Crippen LogP contribution >= 0.6 is 0 Å². The van der Waals surface area contributed by atoms with Gasteiger partial charge < -0.3 is 15.4 Å². The van der Waals surface area contributed by atoms with Crippen LogP contribution in [-0.2, 0) is 4.74 Å². The van der Waals surface area contributed by atoms with Crippen LogP contribution in [0.2, 0.25) is 0 Å². The number of nitrogens with zero attached hydrogens (tertiary/aromatic N) is 2. The summed E-state index contributed by atoms with van der Waals surface area (Å²) in [5, 5.41) is 5.45. The molecular formula is C20H17FN4O3. The average molecular weight is 380 g/mol. The largest absolute Gasteiger partial charge is 0.462 e. The summed E-state index contributed by atoms with van der Waals surface area (Å²) >= 11 is 0. The summed E-state index contributed by atoms with van der Waals surface area (Å²) in [6.07, 6.45) is 2.62. The average Bonchev–Trinajstić information content (AvgIpc) is 2.71. The SMILES string of the molecule is CCOC(=O)c1ccc(NC(=O)c2cnc(Nc3ccccc3F)cn2)cc1. The fourth-order valence-corrected chi connectivity index (χ4v) is 2.31. The highest BCUT2D eigenvalue weighted by atomic mass is 19.1. The minimum atomic E-state index is -0.464. The van der Waals surface area contributed by atoms with E-state index in [-0.39, 0.29) is 18.0 Å². The molecule has 0 saturated carbocycles. The van der Waals surface area contributed by atoms with Crippen LogP contribution in [0.4, 0.5) is 21.6 Å². The second-order valence-corrected chi connectivity index (χ2v) is 5.64. The molecule has 0 saturated heterocycles. The van der Waals surface area contributed by atoms with E-state index in [0.29, 0.717) is 17.1 Å². The molecule has 0 unspecified atom stereocenters. The van der Waals surface area contributed by atoms with Gasteiger partial charge in [0.05, 0.1) is 30.3 Å². The van der Waals surface area contributed by atoms with Crippen molar-refractivity contribution in [2.75, 3.05) is 17.2 Å². The molecule has 8 heteroatoms. The minimum absolute atomic E-state index is 0.0913. The first-order valence-corrected chi connectivity index (χ1v) is 8.49. The monoisotopic (exact) mass is 380 g/mol. The van der Waals surface area contributed by atoms with Crippen molar-refractivity contribution >= 4 is 29.1 Å². The number of rotatable bonds is 6. The first kappa shape index (κ1) is 19.0. The van der Waals surface area contributed by atoms with Crippen molar-refractivity contribution in [1.29, 1.82) is 0 Å². The molecule has 0 atom stereocenters. The van der Waals surface area contributed by atoms with Gasteiger partial charge in [-0.3, -0.25) is 4.79 Å². The second kappa shape index (κ2) is 8.72. The number of amides is 1.